The van der Waals surface area contributed by atoms with Crippen LogP contribution in [0.2, 0.25) is 0 Å². The van der Waals surface area contributed by atoms with Gasteiger partial charge in [0.1, 0.15) is 5.75 Å². The minimum atomic E-state index is -0.466. The van der Waals surface area contributed by atoms with Crippen LogP contribution in [0.5, 0.6) is 5.75 Å². The van der Waals surface area contributed by atoms with Gasteiger partial charge in [-0.05, 0) is 73.2 Å². The largest absolute Gasteiger partial charge is 0.506 e. The highest BCUT2D eigenvalue weighted by Crippen LogP contribution is 2.30. The molecule has 0 aliphatic heterocycles. The van der Waals surface area contributed by atoms with Crippen LogP contribution in [0.25, 0.3) is 0 Å². The van der Waals surface area contributed by atoms with Gasteiger partial charge in [0, 0.05) is 104 Å². The Morgan fingerprint density at radius 3 is 0.981 bits per heavy atom. The van der Waals surface area contributed by atoms with E-state index in [-0.39, 0.29) is 37.3 Å². The maximum Gasteiger partial charge on any atom is 0.258 e. The summed E-state index contributed by atoms with van der Waals surface area (Å²) in [6, 6.07) is 18.5. The number of anilines is 4. The fourth-order valence-corrected chi connectivity index (χ4v) is 5.95. The highest BCUT2D eigenvalue weighted by atomic mass is 16.3. The molecule has 4 heterocycles. The molecule has 1 aromatic carbocycles. The number of benzene rings is 1. The second-order valence-electron chi connectivity index (χ2n) is 14.1. The van der Waals surface area contributed by atoms with Crippen LogP contribution in [0, 0.1) is 6.92 Å². The summed E-state index contributed by atoms with van der Waals surface area (Å²) in [5, 5.41) is 11.9. The number of nitrogens with zero attached hydrogens (tertiary/aromatic N) is 10. The molecule has 0 fully saturated rings. The summed E-state index contributed by atoms with van der Waals surface area (Å²) in [4.78, 5) is 58.5. The number of hydrogen-bond donors (Lipinski definition) is 1. The van der Waals surface area contributed by atoms with Crippen molar-refractivity contribution in [2.45, 2.75) is 33.1 Å². The molecule has 54 heavy (non-hydrogen) atoms. The zero-order valence-electron chi connectivity index (χ0n) is 32.6. The van der Waals surface area contributed by atoms with Gasteiger partial charge < -0.3 is 34.5 Å². The Morgan fingerprint density at radius 1 is 0.481 bits per heavy atom. The Bertz CT molecular complexity index is 1850. The Morgan fingerprint density at radius 2 is 0.741 bits per heavy atom. The fraction of sp³-hybridized carbons (Fsp3) is 0.317. The lowest BCUT2D eigenvalue weighted by Crippen LogP contribution is -2.33. The summed E-state index contributed by atoms with van der Waals surface area (Å²) < 4.78 is 0. The molecular formula is C41H50N10O3. The molecule has 282 valence electrons. The van der Waals surface area contributed by atoms with Crippen molar-refractivity contribution in [3.8, 4) is 5.75 Å². The van der Waals surface area contributed by atoms with Gasteiger partial charge in [0.15, 0.2) is 0 Å². The van der Waals surface area contributed by atoms with Crippen LogP contribution in [-0.2, 0) is 26.2 Å². The maximum absolute atomic E-state index is 14.6. The van der Waals surface area contributed by atoms with E-state index in [9.17, 15) is 14.7 Å². The van der Waals surface area contributed by atoms with Gasteiger partial charge in [-0.2, -0.15) is 0 Å². The summed E-state index contributed by atoms with van der Waals surface area (Å²) in [6.45, 7) is 2.35. The first-order chi connectivity index (χ1) is 25.7. The van der Waals surface area contributed by atoms with Gasteiger partial charge in [0.25, 0.3) is 11.8 Å². The first-order valence-corrected chi connectivity index (χ1v) is 17.6. The highest BCUT2D eigenvalue weighted by Gasteiger charge is 2.28. The topological polar surface area (TPSA) is 125 Å². The number of rotatable bonds is 14. The standard InChI is InChI=1S/C41H50N10O3/c1-28-18-37(40(53)50(24-29-20-33(46(2)3)10-14-42-29)25-30-21-34(47(4)5)11-15-43-30)39(52)38(19-28)41(54)51(26-31-22-35(48(6)7)12-16-44-31)27-32-23-36(49(8)9)13-17-45-32/h10-23,52H,24-27H2,1-9H3. The average molecular weight is 731 g/mol. The molecule has 2 amide bonds. The number of hydrogen-bond acceptors (Lipinski definition) is 11. The second kappa shape index (κ2) is 17.1. The Hall–Kier alpha value is -6.24. The van der Waals surface area contributed by atoms with Crippen LogP contribution >= 0.6 is 0 Å². The Balaban J connectivity index is 1.55. The highest BCUT2D eigenvalue weighted by molar-refractivity contribution is 6.04. The SMILES string of the molecule is Cc1cc(C(=O)N(Cc2cc(N(C)C)ccn2)Cc2cc(N(C)C)ccn2)c(O)c(C(=O)N(Cc2cc(N(C)C)ccn2)Cc2cc(N(C)C)ccn2)c1. The van der Waals surface area contributed by atoms with Gasteiger partial charge in [0.2, 0.25) is 0 Å². The third kappa shape index (κ3) is 9.59. The molecule has 0 aliphatic carbocycles. The molecular weight excluding hydrogens is 681 g/mol. The molecule has 0 radical (unpaired) electrons. The number of phenolic OH excluding ortho intramolecular Hbond substituents is 1. The minimum absolute atomic E-state index is 0.00582. The predicted octanol–water partition coefficient (Wildman–Crippen LogP) is 5.23. The molecule has 1 N–H and O–H groups in total. The van der Waals surface area contributed by atoms with Gasteiger partial charge in [-0.3, -0.25) is 29.5 Å². The summed E-state index contributed by atoms with van der Waals surface area (Å²) in [5.41, 5.74) is 7.02. The van der Waals surface area contributed by atoms with E-state index in [1.54, 1.807) is 53.6 Å². The monoisotopic (exact) mass is 730 g/mol. The van der Waals surface area contributed by atoms with Gasteiger partial charge >= 0.3 is 0 Å². The molecule has 4 aromatic heterocycles. The number of aromatic nitrogens is 4. The number of phenols is 1. The average Bonchev–Trinajstić information content (AvgIpc) is 3.15. The number of pyridine rings is 4. The van der Waals surface area contributed by atoms with E-state index < -0.39 is 17.6 Å². The summed E-state index contributed by atoms with van der Waals surface area (Å²) >= 11 is 0. The molecule has 0 spiro atoms. The summed E-state index contributed by atoms with van der Waals surface area (Å²) in [7, 11) is 15.5. The van der Waals surface area contributed by atoms with E-state index in [4.69, 9.17) is 0 Å². The molecule has 0 bridgehead atoms. The van der Waals surface area contributed by atoms with E-state index in [2.05, 4.69) is 19.9 Å². The van der Waals surface area contributed by atoms with Crippen molar-refractivity contribution < 1.29 is 14.7 Å². The molecule has 13 heteroatoms. The van der Waals surface area contributed by atoms with Gasteiger partial charge in [-0.1, -0.05) is 0 Å². The molecule has 5 rings (SSSR count). The summed E-state index contributed by atoms with van der Waals surface area (Å²) in [6.07, 6.45) is 6.83. The predicted molar refractivity (Wildman–Crippen MR) is 214 cm³/mol. The lowest BCUT2D eigenvalue weighted by molar-refractivity contribution is 0.0716. The van der Waals surface area contributed by atoms with Crippen LogP contribution in [0.4, 0.5) is 22.7 Å². The van der Waals surface area contributed by atoms with Gasteiger partial charge in [-0.15, -0.1) is 0 Å². The van der Waals surface area contributed by atoms with Crippen LogP contribution in [0.1, 0.15) is 49.1 Å². The van der Waals surface area contributed by atoms with Crippen molar-refractivity contribution in [3.05, 3.63) is 125 Å². The molecule has 5 aromatic rings. The third-order valence-electron chi connectivity index (χ3n) is 8.97. The molecule has 0 saturated heterocycles. The summed E-state index contributed by atoms with van der Waals surface area (Å²) in [5.74, 6) is -1.33. The van der Waals surface area contributed by atoms with Crippen LogP contribution in [-0.4, -0.2) is 103 Å². The number of carbonyl (C=O) groups is 2. The Labute approximate surface area is 318 Å². The quantitative estimate of drug-likeness (QED) is 0.162. The van der Waals surface area contributed by atoms with E-state index in [1.165, 1.54) is 0 Å². The molecule has 13 nitrogen and oxygen atoms in total. The molecule has 0 aliphatic rings. The van der Waals surface area contributed by atoms with E-state index in [0.717, 1.165) is 22.7 Å². The lowest BCUT2D eigenvalue weighted by atomic mass is 10.0. The van der Waals surface area contributed by atoms with Crippen molar-refractivity contribution in [1.29, 1.82) is 0 Å². The minimum Gasteiger partial charge on any atom is -0.506 e. The molecule has 0 unspecified atom stereocenters. The van der Waals surface area contributed by atoms with E-state index >= 15 is 0 Å². The Kier molecular flexibility index (Phi) is 12.3. The van der Waals surface area contributed by atoms with Crippen molar-refractivity contribution in [3.63, 3.8) is 0 Å². The third-order valence-corrected chi connectivity index (χ3v) is 8.97. The lowest BCUT2D eigenvalue weighted by Gasteiger charge is -2.26. The number of carbonyl (C=O) groups excluding carboxylic acids is 2. The fourth-order valence-electron chi connectivity index (χ4n) is 5.95. The van der Waals surface area contributed by atoms with E-state index in [1.807, 2.05) is 125 Å². The van der Waals surface area contributed by atoms with Crippen LogP contribution in [0.15, 0.2) is 85.5 Å². The molecule has 0 saturated carbocycles. The van der Waals surface area contributed by atoms with Gasteiger partial charge in [-0.25, -0.2) is 0 Å². The first-order valence-electron chi connectivity index (χ1n) is 17.6. The zero-order valence-corrected chi connectivity index (χ0v) is 32.6. The molecule has 0 atom stereocenters. The van der Waals surface area contributed by atoms with Crippen molar-refractivity contribution in [2.24, 2.45) is 0 Å². The normalized spacial score (nSPS) is 10.8. The van der Waals surface area contributed by atoms with Crippen LogP contribution < -0.4 is 19.6 Å². The zero-order chi connectivity index (χ0) is 39.1. The van der Waals surface area contributed by atoms with Crippen molar-refractivity contribution in [1.82, 2.24) is 29.7 Å². The number of aromatic hydroxyl groups is 1. The smallest absolute Gasteiger partial charge is 0.258 e. The first kappa shape index (κ1) is 39.0. The van der Waals surface area contributed by atoms with E-state index in [0.29, 0.717) is 28.3 Å². The van der Waals surface area contributed by atoms with Crippen molar-refractivity contribution in [2.75, 3.05) is 76.0 Å². The number of amides is 2. The second-order valence-corrected chi connectivity index (χ2v) is 14.1. The number of aryl methyl sites for hydroxylation is 1. The van der Waals surface area contributed by atoms with Gasteiger partial charge in [0.05, 0.1) is 60.1 Å². The maximum atomic E-state index is 14.6. The van der Waals surface area contributed by atoms with Crippen LogP contribution in [0.3, 0.4) is 0 Å². The van der Waals surface area contributed by atoms with Crippen molar-refractivity contribution >= 4 is 34.6 Å².